The molecule has 2 aliphatic rings. The second-order valence-electron chi connectivity index (χ2n) is 8.25. The number of carbonyl (C=O) groups is 1. The average Bonchev–Trinajstić information content (AvgIpc) is 3.44. The molecule has 2 aromatic carbocycles. The van der Waals surface area contributed by atoms with E-state index in [1.165, 1.54) is 6.92 Å². The molecule has 0 aromatic heterocycles. The van der Waals surface area contributed by atoms with Crippen LogP contribution in [0.5, 0.6) is 0 Å². The minimum Gasteiger partial charge on any atom is -0.337 e. The summed E-state index contributed by atoms with van der Waals surface area (Å²) in [5.74, 6) is -3.68. The van der Waals surface area contributed by atoms with Gasteiger partial charge in [-0.25, -0.2) is 13.1 Å². The van der Waals surface area contributed by atoms with Crippen molar-refractivity contribution in [1.82, 2.24) is 9.62 Å². The zero-order valence-corrected chi connectivity index (χ0v) is 17.4. The summed E-state index contributed by atoms with van der Waals surface area (Å²) >= 11 is 0. The molecule has 5 nitrogen and oxygen atoms in total. The van der Waals surface area contributed by atoms with Gasteiger partial charge >= 0.3 is 5.76 Å². The van der Waals surface area contributed by atoms with Crippen LogP contribution < -0.4 is 4.72 Å². The van der Waals surface area contributed by atoms with Gasteiger partial charge in [-0.05, 0) is 36.0 Å². The van der Waals surface area contributed by atoms with Crippen molar-refractivity contribution in [3.8, 4) is 11.1 Å². The van der Waals surface area contributed by atoms with Crippen LogP contribution in [0.3, 0.4) is 0 Å². The van der Waals surface area contributed by atoms with E-state index < -0.39 is 33.3 Å². The minimum absolute atomic E-state index is 0.177. The summed E-state index contributed by atoms with van der Waals surface area (Å²) in [4.78, 5) is 13.9. The van der Waals surface area contributed by atoms with Crippen LogP contribution in [0.15, 0.2) is 54.6 Å². The van der Waals surface area contributed by atoms with Crippen molar-refractivity contribution in [2.75, 3.05) is 6.54 Å². The Kier molecular flexibility index (Phi) is 5.40. The first kappa shape index (κ1) is 20.9. The summed E-state index contributed by atoms with van der Waals surface area (Å²) < 4.78 is 52.3. The van der Waals surface area contributed by atoms with Gasteiger partial charge in [-0.3, -0.25) is 4.79 Å². The molecule has 1 amide bonds. The summed E-state index contributed by atoms with van der Waals surface area (Å²) in [7, 11) is -4.76. The predicted octanol–water partition coefficient (Wildman–Crippen LogP) is 3.42. The number of halogens is 2. The van der Waals surface area contributed by atoms with Gasteiger partial charge in [-0.15, -0.1) is 0 Å². The summed E-state index contributed by atoms with van der Waals surface area (Å²) in [6, 6.07) is 16.4. The van der Waals surface area contributed by atoms with Crippen LogP contribution in [0, 0.1) is 5.41 Å². The summed E-state index contributed by atoms with van der Waals surface area (Å²) in [5, 5.41) is 0. The molecule has 0 radical (unpaired) electrons. The maximum atomic E-state index is 13.1. The number of hydrogen-bond acceptors (Lipinski definition) is 3. The Balaban J connectivity index is 1.65. The fraction of sp³-hybridized carbons (Fsp3) is 0.409. The summed E-state index contributed by atoms with van der Waals surface area (Å²) in [6.07, 6.45) is 1.82. The highest BCUT2D eigenvalue weighted by Crippen LogP contribution is 2.55. The number of carbonyl (C=O) groups excluding carboxylic acids is 1. The molecule has 2 fully saturated rings. The lowest BCUT2D eigenvalue weighted by Gasteiger charge is -2.29. The van der Waals surface area contributed by atoms with Crippen LogP contribution in [0.25, 0.3) is 11.1 Å². The number of benzene rings is 2. The molecular formula is C22H24F2N2O3S. The number of amides is 1. The molecule has 2 atom stereocenters. The Morgan fingerprint density at radius 1 is 1.13 bits per heavy atom. The lowest BCUT2D eigenvalue weighted by atomic mass is 9.92. The normalized spacial score (nSPS) is 22.6. The second kappa shape index (κ2) is 7.74. The van der Waals surface area contributed by atoms with E-state index in [-0.39, 0.29) is 5.91 Å². The standard InChI is InChI=1S/C22H24F2N2O3S/c1-15(27)26-14-22(10-11-22)20(25-30(28,29)21(23)24)19(26)13-16-6-5-9-18(12-16)17-7-3-2-4-8-17/h2-9,12,19-21,25H,10-11,13-14H2,1H3. The third kappa shape index (κ3) is 3.98. The molecule has 1 spiro atoms. The molecule has 2 aromatic rings. The van der Waals surface area contributed by atoms with E-state index in [1.807, 2.05) is 54.6 Å². The number of nitrogens with one attached hydrogen (secondary N) is 1. The van der Waals surface area contributed by atoms with E-state index in [0.717, 1.165) is 16.7 Å². The Hall–Kier alpha value is -2.32. The Morgan fingerprint density at radius 2 is 1.80 bits per heavy atom. The fourth-order valence-electron chi connectivity index (χ4n) is 4.53. The van der Waals surface area contributed by atoms with Crippen LogP contribution >= 0.6 is 0 Å². The van der Waals surface area contributed by atoms with E-state index >= 15 is 0 Å². The lowest BCUT2D eigenvalue weighted by Crippen LogP contribution is -2.50. The monoisotopic (exact) mass is 434 g/mol. The molecule has 160 valence electrons. The smallest absolute Gasteiger partial charge is 0.337 e. The maximum absolute atomic E-state index is 13.1. The van der Waals surface area contributed by atoms with Gasteiger partial charge in [-0.1, -0.05) is 54.6 Å². The van der Waals surface area contributed by atoms with Gasteiger partial charge < -0.3 is 4.90 Å². The van der Waals surface area contributed by atoms with Crippen molar-refractivity contribution in [3.63, 3.8) is 0 Å². The molecule has 0 bridgehead atoms. The highest BCUT2D eigenvalue weighted by atomic mass is 32.2. The zero-order chi connectivity index (χ0) is 21.5. The highest BCUT2D eigenvalue weighted by Gasteiger charge is 2.61. The van der Waals surface area contributed by atoms with Crippen molar-refractivity contribution in [2.24, 2.45) is 5.41 Å². The van der Waals surface area contributed by atoms with Gasteiger partial charge in [0.2, 0.25) is 5.91 Å². The number of hydrogen-bond donors (Lipinski definition) is 1. The number of nitrogens with zero attached hydrogens (tertiary/aromatic N) is 1. The number of likely N-dealkylation sites (tertiary alicyclic amines) is 1. The molecule has 1 aliphatic carbocycles. The molecule has 1 aliphatic heterocycles. The summed E-state index contributed by atoms with van der Waals surface area (Å²) in [5.41, 5.74) is 2.52. The topological polar surface area (TPSA) is 66.5 Å². The maximum Gasteiger partial charge on any atom is 0.350 e. The van der Waals surface area contributed by atoms with E-state index in [0.29, 0.717) is 25.8 Å². The minimum atomic E-state index is -4.76. The molecule has 2 unspecified atom stereocenters. The van der Waals surface area contributed by atoms with Gasteiger partial charge in [0.1, 0.15) is 0 Å². The van der Waals surface area contributed by atoms with Gasteiger partial charge in [-0.2, -0.15) is 8.78 Å². The average molecular weight is 435 g/mol. The van der Waals surface area contributed by atoms with Crippen molar-refractivity contribution in [1.29, 1.82) is 0 Å². The molecule has 8 heteroatoms. The molecular weight excluding hydrogens is 410 g/mol. The van der Waals surface area contributed by atoms with Crippen LogP contribution in [0.4, 0.5) is 8.78 Å². The quantitative estimate of drug-likeness (QED) is 0.758. The first-order valence-electron chi connectivity index (χ1n) is 9.93. The molecule has 30 heavy (non-hydrogen) atoms. The van der Waals surface area contributed by atoms with Crippen molar-refractivity contribution in [3.05, 3.63) is 60.2 Å². The Labute approximate surface area is 175 Å². The third-order valence-electron chi connectivity index (χ3n) is 6.23. The SMILES string of the molecule is CC(=O)N1CC2(CC2)C(NS(=O)(=O)C(F)F)C1Cc1cccc(-c2ccccc2)c1. The second-order valence-corrected chi connectivity index (χ2v) is 9.93. The third-order valence-corrected chi connectivity index (χ3v) is 7.28. The lowest BCUT2D eigenvalue weighted by molar-refractivity contribution is -0.129. The zero-order valence-electron chi connectivity index (χ0n) is 16.6. The van der Waals surface area contributed by atoms with Gasteiger partial charge in [0, 0.05) is 24.9 Å². The number of rotatable bonds is 6. The van der Waals surface area contributed by atoms with E-state index in [2.05, 4.69) is 4.72 Å². The van der Waals surface area contributed by atoms with Gasteiger partial charge in [0.15, 0.2) is 0 Å². The van der Waals surface area contributed by atoms with Gasteiger partial charge in [0.05, 0.1) is 6.04 Å². The fourth-order valence-corrected chi connectivity index (χ4v) is 5.39. The van der Waals surface area contributed by atoms with E-state index in [9.17, 15) is 22.0 Å². The molecule has 1 heterocycles. The summed E-state index contributed by atoms with van der Waals surface area (Å²) in [6.45, 7) is 1.83. The largest absolute Gasteiger partial charge is 0.350 e. The van der Waals surface area contributed by atoms with Crippen molar-refractivity contribution < 1.29 is 22.0 Å². The van der Waals surface area contributed by atoms with E-state index in [1.54, 1.807) is 4.90 Å². The Morgan fingerprint density at radius 3 is 2.40 bits per heavy atom. The van der Waals surface area contributed by atoms with Crippen LogP contribution in [-0.4, -0.2) is 43.6 Å². The first-order valence-corrected chi connectivity index (χ1v) is 11.5. The molecule has 1 saturated carbocycles. The van der Waals surface area contributed by atoms with Crippen molar-refractivity contribution in [2.45, 2.75) is 44.0 Å². The predicted molar refractivity (Wildman–Crippen MR) is 110 cm³/mol. The first-order chi connectivity index (χ1) is 14.2. The van der Waals surface area contributed by atoms with E-state index in [4.69, 9.17) is 0 Å². The van der Waals surface area contributed by atoms with Crippen molar-refractivity contribution >= 4 is 15.9 Å². The van der Waals surface area contributed by atoms with Crippen LogP contribution in [0.1, 0.15) is 25.3 Å². The molecule has 4 rings (SSSR count). The molecule has 1 saturated heterocycles. The van der Waals surface area contributed by atoms with Crippen LogP contribution in [-0.2, 0) is 21.2 Å². The Bertz CT molecular complexity index is 1040. The highest BCUT2D eigenvalue weighted by molar-refractivity contribution is 7.89. The number of sulfonamides is 1. The van der Waals surface area contributed by atoms with Gasteiger partial charge in [0.25, 0.3) is 10.0 Å². The van der Waals surface area contributed by atoms with Crippen LogP contribution in [0.2, 0.25) is 0 Å². The molecule has 1 N–H and O–H groups in total. The number of alkyl halides is 2.